The minimum absolute atomic E-state index is 0.00850. The zero-order valence-corrected chi connectivity index (χ0v) is 42.2. The molecule has 5 aromatic rings. The summed E-state index contributed by atoms with van der Waals surface area (Å²) in [6.45, 7) is 4.13. The molecule has 7 N–H and O–H groups in total. The Balaban J connectivity index is 0.809. The summed E-state index contributed by atoms with van der Waals surface area (Å²) < 4.78 is 33.7. The van der Waals surface area contributed by atoms with Crippen molar-refractivity contribution in [2.75, 3.05) is 39.0 Å². The van der Waals surface area contributed by atoms with Gasteiger partial charge in [0, 0.05) is 54.9 Å². The fourth-order valence-electron chi connectivity index (χ4n) is 10.7. The maximum absolute atomic E-state index is 15.5. The number of ether oxygens (including phenoxy) is 3. The summed E-state index contributed by atoms with van der Waals surface area (Å²) in [5.74, 6) is -1.62. The zero-order valence-electron chi connectivity index (χ0n) is 42.2. The lowest BCUT2D eigenvalue weighted by Crippen LogP contribution is -2.44. The van der Waals surface area contributed by atoms with E-state index in [0.29, 0.717) is 95.4 Å². The number of rotatable bonds is 16. The molecule has 4 aliphatic rings. The number of esters is 1. The number of amides is 6. The monoisotopic (exact) mass is 1030 g/mol. The van der Waals surface area contributed by atoms with Gasteiger partial charge in [0.2, 0.25) is 11.8 Å². The standard InChI is InChI=1S/C54H60FN9O11/c1-5-54(72)38-23-43-47-36(26-64(43)49(67)37(38)28-73-50(54)68)46-40(18-17-35-29(2)39(55)24-42(61-47)45(35)46)60-44(65)22-31-9-6-11-34(21-31)75-52(70)62(4)25-33-10-8-20-63(33)53(71)74-27-30-13-15-32(16-14-30)59-48(66)41(57-3)12-7-19-58-51(56)69/h6,9,11,13-16,21,23-24,33,40-41,57,72H,5,7-8,10,12,17-20,22,25-28H2,1-4H3,(H,59,66)(H,60,65)(H3,56,58,69)/t33?,40-,41-,54-/m0/s1. The highest BCUT2D eigenvalue weighted by Crippen LogP contribution is 2.46. The maximum Gasteiger partial charge on any atom is 0.415 e. The van der Waals surface area contributed by atoms with Crippen LogP contribution < -0.4 is 37.3 Å². The molecule has 2 aromatic heterocycles. The van der Waals surface area contributed by atoms with Gasteiger partial charge in [-0.05, 0) is 117 Å². The third-order valence-corrected chi connectivity index (χ3v) is 14.8. The number of aromatic nitrogens is 2. The number of nitrogens with zero attached hydrogens (tertiary/aromatic N) is 4. The molecule has 20 nitrogen and oxygen atoms in total. The second-order valence-electron chi connectivity index (χ2n) is 19.5. The molecule has 4 atom stereocenters. The molecule has 1 fully saturated rings. The highest BCUT2D eigenvalue weighted by atomic mass is 19.1. The summed E-state index contributed by atoms with van der Waals surface area (Å²) in [4.78, 5) is 99.2. The van der Waals surface area contributed by atoms with Gasteiger partial charge < -0.3 is 60.7 Å². The van der Waals surface area contributed by atoms with E-state index < -0.39 is 53.2 Å². The lowest BCUT2D eigenvalue weighted by atomic mass is 9.81. The number of fused-ring (bicyclic) bond motifs is 5. The Morgan fingerprint density at radius 2 is 1.83 bits per heavy atom. The normalized spacial score (nSPS) is 18.5. The van der Waals surface area contributed by atoms with Gasteiger partial charge in [0.05, 0.1) is 53.6 Å². The molecule has 0 spiro atoms. The number of anilines is 1. The van der Waals surface area contributed by atoms with Crippen LogP contribution in [-0.4, -0.2) is 106 Å². The van der Waals surface area contributed by atoms with E-state index in [9.17, 15) is 38.7 Å². The number of aliphatic hydroxyl groups is 1. The summed E-state index contributed by atoms with van der Waals surface area (Å²) in [6.07, 6.45) is 2.01. The summed E-state index contributed by atoms with van der Waals surface area (Å²) in [5, 5.41) is 23.7. The molecule has 0 saturated carbocycles. The zero-order chi connectivity index (χ0) is 53.3. The lowest BCUT2D eigenvalue weighted by molar-refractivity contribution is -0.172. The number of likely N-dealkylation sites (tertiary alicyclic amines) is 1. The van der Waals surface area contributed by atoms with Crippen molar-refractivity contribution in [1.29, 1.82) is 0 Å². The Morgan fingerprint density at radius 3 is 2.57 bits per heavy atom. The van der Waals surface area contributed by atoms with Crippen LogP contribution in [0.25, 0.3) is 22.3 Å². The van der Waals surface area contributed by atoms with Gasteiger partial charge in [-0.1, -0.05) is 31.2 Å². The van der Waals surface area contributed by atoms with Crippen molar-refractivity contribution in [3.05, 3.63) is 121 Å². The molecule has 75 heavy (non-hydrogen) atoms. The van der Waals surface area contributed by atoms with Crippen molar-refractivity contribution in [2.45, 2.75) is 109 Å². The lowest BCUT2D eigenvalue weighted by Gasteiger charge is -2.31. The van der Waals surface area contributed by atoms with E-state index in [1.807, 2.05) is 0 Å². The van der Waals surface area contributed by atoms with Crippen LogP contribution in [0, 0.1) is 12.7 Å². The molecular formula is C54H60FN9O11. The van der Waals surface area contributed by atoms with Gasteiger partial charge in [-0.3, -0.25) is 14.4 Å². The number of urea groups is 1. The van der Waals surface area contributed by atoms with Crippen molar-refractivity contribution in [1.82, 2.24) is 35.3 Å². The number of halogens is 1. The number of hydrogen-bond acceptors (Lipinski definition) is 13. The van der Waals surface area contributed by atoms with E-state index in [-0.39, 0.29) is 73.9 Å². The molecule has 3 aliphatic heterocycles. The first-order valence-corrected chi connectivity index (χ1v) is 25.1. The van der Waals surface area contributed by atoms with Crippen LogP contribution >= 0.6 is 0 Å². The Labute approximate surface area is 431 Å². The number of likely N-dealkylation sites (N-methyl/N-ethyl adjacent to an activating group) is 2. The van der Waals surface area contributed by atoms with Gasteiger partial charge in [-0.15, -0.1) is 0 Å². The molecule has 21 heteroatoms. The van der Waals surface area contributed by atoms with Gasteiger partial charge in [0.25, 0.3) is 5.56 Å². The van der Waals surface area contributed by atoms with Crippen molar-refractivity contribution in [3.63, 3.8) is 0 Å². The number of nitrogens with one attached hydrogen (secondary N) is 4. The summed E-state index contributed by atoms with van der Waals surface area (Å²) >= 11 is 0. The van der Waals surface area contributed by atoms with Gasteiger partial charge in [0.1, 0.15) is 24.8 Å². The van der Waals surface area contributed by atoms with E-state index in [1.165, 1.54) is 15.5 Å². The highest BCUT2D eigenvalue weighted by Gasteiger charge is 2.46. The Morgan fingerprint density at radius 1 is 1.04 bits per heavy atom. The number of benzene rings is 3. The van der Waals surface area contributed by atoms with Crippen molar-refractivity contribution in [2.24, 2.45) is 5.73 Å². The first-order valence-electron chi connectivity index (χ1n) is 25.1. The average molecular weight is 1030 g/mol. The number of hydrogen-bond donors (Lipinski definition) is 6. The molecule has 394 valence electrons. The summed E-state index contributed by atoms with van der Waals surface area (Å²) in [6, 6.07) is 14.6. The van der Waals surface area contributed by atoms with E-state index in [0.717, 1.165) is 17.5 Å². The fourth-order valence-corrected chi connectivity index (χ4v) is 10.7. The van der Waals surface area contributed by atoms with Crippen LogP contribution in [0.4, 0.5) is 24.5 Å². The second kappa shape index (κ2) is 21.5. The largest absolute Gasteiger partial charge is 0.458 e. The van der Waals surface area contributed by atoms with Crippen LogP contribution in [0.3, 0.4) is 0 Å². The van der Waals surface area contributed by atoms with Crippen molar-refractivity contribution >= 4 is 52.6 Å². The van der Waals surface area contributed by atoms with E-state index in [2.05, 4.69) is 21.3 Å². The van der Waals surface area contributed by atoms with Crippen LogP contribution in [-0.2, 0) is 62.1 Å². The number of cyclic esters (lactones) is 1. The maximum atomic E-state index is 15.5. The van der Waals surface area contributed by atoms with Gasteiger partial charge in [-0.25, -0.2) is 28.6 Å². The fraction of sp³-hybridized carbons (Fsp3) is 0.407. The molecule has 5 heterocycles. The molecule has 0 radical (unpaired) electrons. The van der Waals surface area contributed by atoms with Crippen molar-refractivity contribution in [3.8, 4) is 17.1 Å². The van der Waals surface area contributed by atoms with Gasteiger partial charge in [-0.2, -0.15) is 0 Å². The highest BCUT2D eigenvalue weighted by molar-refractivity contribution is 5.95. The predicted molar refractivity (Wildman–Crippen MR) is 272 cm³/mol. The topological polar surface area (TPSA) is 266 Å². The SMILES string of the molecule is CC[C@@]1(O)C(=O)OCc2c1cc1n(c2=O)Cc2c-1nc1cc(F)c(C)c3c1c2[C@@H](NC(=O)Cc1cccc(OC(=O)N(C)CC2CCCN2C(=O)OCc2ccc(NC(=O)[C@H](CCCNC(N)=O)NC)cc2)c1)CC3. The molecule has 3 aromatic carbocycles. The van der Waals surface area contributed by atoms with Crippen LogP contribution in [0.15, 0.2) is 65.5 Å². The van der Waals surface area contributed by atoms with E-state index in [1.54, 1.807) is 87.4 Å². The minimum atomic E-state index is -2.03. The molecular weight excluding hydrogens is 970 g/mol. The first kappa shape index (κ1) is 52.0. The number of pyridine rings is 2. The Kier molecular flexibility index (Phi) is 14.9. The average Bonchev–Trinajstić information content (AvgIpc) is 4.05. The smallest absolute Gasteiger partial charge is 0.415 e. The number of aryl methyl sites for hydroxylation is 1. The Bertz CT molecular complexity index is 3180. The first-order chi connectivity index (χ1) is 36.0. The Hall–Kier alpha value is -7.91. The molecule has 6 amide bonds. The number of primary amides is 1. The van der Waals surface area contributed by atoms with Gasteiger partial charge in [0.15, 0.2) is 5.60 Å². The third-order valence-electron chi connectivity index (χ3n) is 14.8. The van der Waals surface area contributed by atoms with Crippen LogP contribution in [0.1, 0.15) is 96.0 Å². The summed E-state index contributed by atoms with van der Waals surface area (Å²) in [5.41, 5.74) is 8.61. The molecule has 1 saturated heterocycles. The van der Waals surface area contributed by atoms with Crippen LogP contribution in [0.5, 0.6) is 5.75 Å². The number of carbonyl (C=O) groups excluding carboxylic acids is 6. The second-order valence-corrected chi connectivity index (χ2v) is 19.5. The number of nitrogens with two attached hydrogens (primary N) is 1. The molecule has 9 rings (SSSR count). The minimum Gasteiger partial charge on any atom is -0.458 e. The van der Waals surface area contributed by atoms with E-state index in [4.69, 9.17) is 24.9 Å². The van der Waals surface area contributed by atoms with Crippen LogP contribution in [0.2, 0.25) is 0 Å². The van der Waals surface area contributed by atoms with E-state index >= 15 is 4.39 Å². The summed E-state index contributed by atoms with van der Waals surface area (Å²) in [7, 11) is 3.26. The third kappa shape index (κ3) is 10.5. The van der Waals surface area contributed by atoms with Crippen molar-refractivity contribution < 1.29 is 52.5 Å². The predicted octanol–water partition coefficient (Wildman–Crippen LogP) is 5.08. The molecule has 1 aliphatic carbocycles. The quantitative estimate of drug-likeness (QED) is 0.0547. The molecule has 1 unspecified atom stereocenters. The molecule has 0 bridgehead atoms. The number of carbonyl (C=O) groups is 6. The van der Waals surface area contributed by atoms with Gasteiger partial charge >= 0.3 is 24.2 Å².